The van der Waals surface area contributed by atoms with Crippen molar-refractivity contribution in [2.75, 3.05) is 20.3 Å². The van der Waals surface area contributed by atoms with Crippen molar-refractivity contribution in [2.45, 2.75) is 44.5 Å². The summed E-state index contributed by atoms with van der Waals surface area (Å²) in [5.41, 5.74) is 3.12. The lowest BCUT2D eigenvalue weighted by atomic mass is 9.94. The third-order valence-electron chi connectivity index (χ3n) is 4.58. The predicted octanol–water partition coefficient (Wildman–Crippen LogP) is 3.51. The number of aliphatic hydroxyl groups excluding tert-OH is 3. The molecule has 1 aliphatic rings. The van der Waals surface area contributed by atoms with Crippen molar-refractivity contribution in [3.8, 4) is 5.75 Å². The van der Waals surface area contributed by atoms with Crippen molar-refractivity contribution < 1.29 is 24.8 Å². The molecule has 2 aromatic rings. The van der Waals surface area contributed by atoms with E-state index in [-0.39, 0.29) is 25.4 Å². The molecule has 0 saturated carbocycles. The fraction of sp³-hybridized carbons (Fsp3) is 0.455. The van der Waals surface area contributed by atoms with Gasteiger partial charge in [0.1, 0.15) is 5.75 Å². The first kappa shape index (κ1) is 22.7. The highest BCUT2D eigenvalue weighted by molar-refractivity contribution is 6.31. The van der Waals surface area contributed by atoms with E-state index in [0.717, 1.165) is 22.4 Å². The van der Waals surface area contributed by atoms with E-state index >= 15 is 0 Å². The number of hydrogen-bond donors (Lipinski definition) is 3. The summed E-state index contributed by atoms with van der Waals surface area (Å²) in [4.78, 5) is 0. The normalized spacial score (nSPS) is 21.6. The van der Waals surface area contributed by atoms with Crippen molar-refractivity contribution >= 4 is 11.6 Å². The van der Waals surface area contributed by atoms with Crippen LogP contribution in [0.25, 0.3) is 0 Å². The van der Waals surface area contributed by atoms with Crippen LogP contribution < -0.4 is 4.74 Å². The number of ether oxygens (including phenoxy) is 2. The van der Waals surface area contributed by atoms with Gasteiger partial charge in [-0.2, -0.15) is 0 Å². The second-order valence-corrected chi connectivity index (χ2v) is 7.15. The SMILES string of the molecule is CCO.COc1ccc(Cc2cc(C3CC(O)CC(CO)O3)ccc2Cl)cc1. The quantitative estimate of drug-likeness (QED) is 0.705. The number of aliphatic hydroxyl groups is 3. The van der Waals surface area contributed by atoms with E-state index in [9.17, 15) is 10.2 Å². The Hall–Kier alpha value is -1.63. The lowest BCUT2D eigenvalue weighted by Crippen LogP contribution is -2.33. The largest absolute Gasteiger partial charge is 0.497 e. The zero-order valence-electron chi connectivity index (χ0n) is 16.3. The predicted molar refractivity (Wildman–Crippen MR) is 110 cm³/mol. The van der Waals surface area contributed by atoms with E-state index in [4.69, 9.17) is 26.2 Å². The van der Waals surface area contributed by atoms with Crippen LogP contribution in [0.5, 0.6) is 5.75 Å². The summed E-state index contributed by atoms with van der Waals surface area (Å²) < 4.78 is 11.1. The molecule has 154 valence electrons. The second-order valence-electron chi connectivity index (χ2n) is 6.75. The van der Waals surface area contributed by atoms with E-state index in [0.29, 0.717) is 24.3 Å². The average molecular weight is 409 g/mol. The summed E-state index contributed by atoms with van der Waals surface area (Å²) in [6, 6.07) is 13.7. The van der Waals surface area contributed by atoms with E-state index in [1.807, 2.05) is 42.5 Å². The van der Waals surface area contributed by atoms with E-state index in [1.54, 1.807) is 14.0 Å². The third-order valence-corrected chi connectivity index (χ3v) is 4.95. The van der Waals surface area contributed by atoms with Gasteiger partial charge in [-0.25, -0.2) is 0 Å². The van der Waals surface area contributed by atoms with Gasteiger partial charge in [-0.3, -0.25) is 0 Å². The molecule has 3 N–H and O–H groups in total. The molecule has 1 fully saturated rings. The summed E-state index contributed by atoms with van der Waals surface area (Å²) >= 11 is 6.37. The Bertz CT molecular complexity index is 719. The summed E-state index contributed by atoms with van der Waals surface area (Å²) in [7, 11) is 1.65. The molecule has 3 unspecified atom stereocenters. The maximum Gasteiger partial charge on any atom is 0.118 e. The van der Waals surface area contributed by atoms with Crippen LogP contribution in [-0.4, -0.2) is 47.9 Å². The summed E-state index contributed by atoms with van der Waals surface area (Å²) in [6.45, 7) is 1.85. The van der Waals surface area contributed by atoms with Crippen LogP contribution in [0.2, 0.25) is 5.02 Å². The molecule has 0 bridgehead atoms. The first-order valence-corrected chi connectivity index (χ1v) is 9.84. The average Bonchev–Trinajstić information content (AvgIpc) is 2.70. The van der Waals surface area contributed by atoms with Crippen molar-refractivity contribution in [3.05, 3.63) is 64.2 Å². The zero-order valence-corrected chi connectivity index (χ0v) is 17.1. The standard InChI is InChI=1S/C20H23ClO4.C2H6O/c1-24-17-5-2-13(3-6-17)8-15-9-14(4-7-19(15)21)20-11-16(23)10-18(12-22)25-20;1-2-3/h2-7,9,16,18,20,22-23H,8,10-12H2,1H3;3H,2H2,1H3. The van der Waals surface area contributed by atoms with Gasteiger partial charge >= 0.3 is 0 Å². The molecule has 0 amide bonds. The van der Waals surface area contributed by atoms with Gasteiger partial charge in [-0.1, -0.05) is 35.9 Å². The van der Waals surface area contributed by atoms with E-state index < -0.39 is 6.10 Å². The molecule has 3 atom stereocenters. The van der Waals surface area contributed by atoms with Crippen molar-refractivity contribution in [3.63, 3.8) is 0 Å². The molecular formula is C22H29ClO5. The van der Waals surface area contributed by atoms with Crippen LogP contribution in [0, 0.1) is 0 Å². The number of hydrogen-bond acceptors (Lipinski definition) is 5. The van der Waals surface area contributed by atoms with Crippen LogP contribution in [0.1, 0.15) is 42.6 Å². The molecule has 0 radical (unpaired) electrons. The number of methoxy groups -OCH3 is 1. The van der Waals surface area contributed by atoms with Gasteiger partial charge in [0.25, 0.3) is 0 Å². The molecule has 6 heteroatoms. The van der Waals surface area contributed by atoms with Crippen LogP contribution >= 0.6 is 11.6 Å². The smallest absolute Gasteiger partial charge is 0.118 e. The summed E-state index contributed by atoms with van der Waals surface area (Å²) in [5, 5.41) is 27.6. The Morgan fingerprint density at radius 3 is 2.39 bits per heavy atom. The maximum absolute atomic E-state index is 10.0. The molecule has 1 heterocycles. The molecule has 28 heavy (non-hydrogen) atoms. The Morgan fingerprint density at radius 2 is 1.79 bits per heavy atom. The molecule has 5 nitrogen and oxygen atoms in total. The van der Waals surface area contributed by atoms with E-state index in [1.165, 1.54) is 0 Å². The highest BCUT2D eigenvalue weighted by Gasteiger charge is 2.29. The number of rotatable bonds is 5. The van der Waals surface area contributed by atoms with Gasteiger partial charge in [0.2, 0.25) is 0 Å². The molecule has 0 aromatic heterocycles. The molecule has 1 aliphatic heterocycles. The lowest BCUT2D eigenvalue weighted by Gasteiger charge is -2.32. The Balaban J connectivity index is 0.000000878. The van der Waals surface area contributed by atoms with Crippen LogP contribution in [0.3, 0.4) is 0 Å². The minimum absolute atomic E-state index is 0.0835. The molecular weight excluding hydrogens is 380 g/mol. The minimum Gasteiger partial charge on any atom is -0.497 e. The highest BCUT2D eigenvalue weighted by atomic mass is 35.5. The van der Waals surface area contributed by atoms with E-state index in [2.05, 4.69) is 0 Å². The van der Waals surface area contributed by atoms with Crippen molar-refractivity contribution in [2.24, 2.45) is 0 Å². The Labute approximate surface area is 171 Å². The topological polar surface area (TPSA) is 79.2 Å². The van der Waals surface area contributed by atoms with Gasteiger partial charge in [0.05, 0.1) is 32.0 Å². The molecule has 2 aromatic carbocycles. The van der Waals surface area contributed by atoms with Gasteiger partial charge in [-0.15, -0.1) is 0 Å². The zero-order chi connectivity index (χ0) is 20.5. The van der Waals surface area contributed by atoms with Crippen LogP contribution in [0.4, 0.5) is 0 Å². The molecule has 3 rings (SSSR count). The van der Waals surface area contributed by atoms with Gasteiger partial charge in [0.15, 0.2) is 0 Å². The highest BCUT2D eigenvalue weighted by Crippen LogP contribution is 2.33. The molecule has 0 spiro atoms. The van der Waals surface area contributed by atoms with Gasteiger partial charge < -0.3 is 24.8 Å². The lowest BCUT2D eigenvalue weighted by molar-refractivity contribution is -0.113. The van der Waals surface area contributed by atoms with Crippen LogP contribution in [-0.2, 0) is 11.2 Å². The van der Waals surface area contributed by atoms with Crippen molar-refractivity contribution in [1.82, 2.24) is 0 Å². The summed E-state index contributed by atoms with van der Waals surface area (Å²) in [6.07, 6.45) is 0.688. The fourth-order valence-corrected chi connectivity index (χ4v) is 3.40. The van der Waals surface area contributed by atoms with Gasteiger partial charge in [-0.05, 0) is 48.2 Å². The maximum atomic E-state index is 10.0. The van der Waals surface area contributed by atoms with Gasteiger partial charge in [0, 0.05) is 24.5 Å². The fourth-order valence-electron chi connectivity index (χ4n) is 3.22. The first-order chi connectivity index (χ1) is 13.5. The monoisotopic (exact) mass is 408 g/mol. The molecule has 0 aliphatic carbocycles. The Morgan fingerprint density at radius 1 is 1.11 bits per heavy atom. The number of halogens is 1. The van der Waals surface area contributed by atoms with Crippen molar-refractivity contribution in [1.29, 1.82) is 0 Å². The third kappa shape index (κ3) is 6.47. The molecule has 1 saturated heterocycles. The summed E-state index contributed by atoms with van der Waals surface area (Å²) in [5.74, 6) is 0.822. The minimum atomic E-state index is -0.461. The first-order valence-electron chi connectivity index (χ1n) is 9.47. The Kier molecular flexibility index (Phi) is 9.22. The second kappa shape index (κ2) is 11.4. The number of benzene rings is 2. The van der Waals surface area contributed by atoms with Crippen LogP contribution in [0.15, 0.2) is 42.5 Å².